The van der Waals surface area contributed by atoms with E-state index in [2.05, 4.69) is 5.32 Å². The summed E-state index contributed by atoms with van der Waals surface area (Å²) in [7, 11) is -3.69. The maximum Gasteiger partial charge on any atom is 0.257 e. The van der Waals surface area contributed by atoms with Crippen molar-refractivity contribution in [2.24, 2.45) is 5.14 Å². The quantitative estimate of drug-likeness (QED) is 0.596. The van der Waals surface area contributed by atoms with Crippen LogP contribution in [0.15, 0.2) is 83.8 Å². The van der Waals surface area contributed by atoms with E-state index in [0.29, 0.717) is 18.7 Å². The van der Waals surface area contributed by atoms with Crippen LogP contribution in [0.2, 0.25) is 0 Å². The summed E-state index contributed by atoms with van der Waals surface area (Å²) in [5, 5.41) is 7.84. The molecule has 0 aliphatic carbocycles. The number of carbonyl (C=O) groups excluding carboxylic acids is 1. The predicted octanol–water partition coefficient (Wildman–Crippen LogP) is 2.74. The standard InChI is InChI=1S/C22H22N2O4S/c23-29(26,27)21-12-6-17(7-13-21)14-15-24-22(25)16-28-20-10-8-19(9-11-20)18-4-2-1-3-5-18/h1-13H,14-16H2,(H,24,25)(H2,23,26,27). The van der Waals surface area contributed by atoms with Gasteiger partial charge in [0.25, 0.3) is 5.91 Å². The van der Waals surface area contributed by atoms with Gasteiger partial charge >= 0.3 is 0 Å². The van der Waals surface area contributed by atoms with E-state index >= 15 is 0 Å². The van der Waals surface area contributed by atoms with Crippen LogP contribution in [0, 0.1) is 0 Å². The van der Waals surface area contributed by atoms with Gasteiger partial charge in [-0.25, -0.2) is 13.6 Å². The predicted molar refractivity (Wildman–Crippen MR) is 112 cm³/mol. The minimum atomic E-state index is -3.69. The second-order valence-electron chi connectivity index (χ2n) is 6.47. The Labute approximate surface area is 170 Å². The van der Waals surface area contributed by atoms with Crippen molar-refractivity contribution in [3.8, 4) is 16.9 Å². The molecule has 3 aromatic rings. The van der Waals surface area contributed by atoms with Crippen LogP contribution in [-0.4, -0.2) is 27.5 Å². The summed E-state index contributed by atoms with van der Waals surface area (Å²) < 4.78 is 28.0. The van der Waals surface area contributed by atoms with Crippen LogP contribution in [0.25, 0.3) is 11.1 Å². The Morgan fingerprint density at radius 1 is 0.862 bits per heavy atom. The highest BCUT2D eigenvalue weighted by Gasteiger charge is 2.07. The van der Waals surface area contributed by atoms with E-state index in [0.717, 1.165) is 16.7 Å². The lowest BCUT2D eigenvalue weighted by Gasteiger charge is -2.09. The van der Waals surface area contributed by atoms with Crippen LogP contribution >= 0.6 is 0 Å². The molecule has 0 saturated heterocycles. The molecule has 0 heterocycles. The van der Waals surface area contributed by atoms with Crippen molar-refractivity contribution in [2.45, 2.75) is 11.3 Å². The first-order chi connectivity index (χ1) is 13.9. The minimum absolute atomic E-state index is 0.0666. The zero-order valence-electron chi connectivity index (χ0n) is 15.7. The number of amides is 1. The van der Waals surface area contributed by atoms with E-state index in [9.17, 15) is 13.2 Å². The topological polar surface area (TPSA) is 98.5 Å². The maximum absolute atomic E-state index is 11.9. The lowest BCUT2D eigenvalue weighted by atomic mass is 10.1. The average molecular weight is 410 g/mol. The molecule has 0 bridgehead atoms. The Bertz CT molecular complexity index is 1050. The lowest BCUT2D eigenvalue weighted by Crippen LogP contribution is -2.30. The van der Waals surface area contributed by atoms with Gasteiger partial charge in [-0.2, -0.15) is 0 Å². The van der Waals surface area contributed by atoms with E-state index in [-0.39, 0.29) is 17.4 Å². The van der Waals surface area contributed by atoms with Gasteiger partial charge in [0.15, 0.2) is 6.61 Å². The van der Waals surface area contributed by atoms with Gasteiger partial charge < -0.3 is 10.1 Å². The van der Waals surface area contributed by atoms with Gasteiger partial charge in [-0.1, -0.05) is 54.6 Å². The molecule has 0 unspecified atom stereocenters. The molecule has 150 valence electrons. The van der Waals surface area contributed by atoms with E-state index in [1.165, 1.54) is 12.1 Å². The lowest BCUT2D eigenvalue weighted by molar-refractivity contribution is -0.123. The number of hydrogen-bond donors (Lipinski definition) is 2. The molecule has 6 nitrogen and oxygen atoms in total. The Morgan fingerprint density at radius 2 is 1.48 bits per heavy atom. The van der Waals surface area contributed by atoms with Gasteiger partial charge in [-0.05, 0) is 47.4 Å². The van der Waals surface area contributed by atoms with Crippen molar-refractivity contribution in [3.05, 3.63) is 84.4 Å². The van der Waals surface area contributed by atoms with Crippen LogP contribution in [0.1, 0.15) is 5.56 Å². The fourth-order valence-electron chi connectivity index (χ4n) is 2.77. The first-order valence-electron chi connectivity index (χ1n) is 9.08. The third-order valence-corrected chi connectivity index (χ3v) is 5.25. The monoisotopic (exact) mass is 410 g/mol. The molecule has 0 fully saturated rings. The number of ether oxygens (including phenoxy) is 1. The summed E-state index contributed by atoms with van der Waals surface area (Å²) in [6.07, 6.45) is 0.572. The third-order valence-electron chi connectivity index (χ3n) is 4.32. The van der Waals surface area contributed by atoms with Gasteiger partial charge in [0.05, 0.1) is 4.90 Å². The fraction of sp³-hybridized carbons (Fsp3) is 0.136. The van der Waals surface area contributed by atoms with Crippen LogP contribution < -0.4 is 15.2 Å². The number of nitrogens with one attached hydrogen (secondary N) is 1. The van der Waals surface area contributed by atoms with Crippen molar-refractivity contribution in [3.63, 3.8) is 0 Å². The molecule has 0 aliphatic heterocycles. The highest BCUT2D eigenvalue weighted by Crippen LogP contribution is 2.21. The minimum Gasteiger partial charge on any atom is -0.484 e. The molecular weight excluding hydrogens is 388 g/mol. The van der Waals surface area contributed by atoms with Crippen molar-refractivity contribution in [1.29, 1.82) is 0 Å². The largest absolute Gasteiger partial charge is 0.484 e. The molecule has 3 N–H and O–H groups in total. The molecule has 0 atom stereocenters. The number of nitrogens with two attached hydrogens (primary N) is 1. The number of sulfonamides is 1. The number of benzene rings is 3. The molecule has 3 aromatic carbocycles. The summed E-state index contributed by atoms with van der Waals surface area (Å²) in [5.74, 6) is 0.400. The van der Waals surface area contributed by atoms with E-state index < -0.39 is 10.0 Å². The zero-order chi connectivity index (χ0) is 20.7. The van der Waals surface area contributed by atoms with Gasteiger partial charge in [-0.3, -0.25) is 4.79 Å². The molecule has 0 aliphatic rings. The Morgan fingerprint density at radius 3 is 2.10 bits per heavy atom. The smallest absolute Gasteiger partial charge is 0.257 e. The molecule has 3 rings (SSSR count). The summed E-state index contributed by atoms with van der Waals surface area (Å²) >= 11 is 0. The number of rotatable bonds is 8. The van der Waals surface area contributed by atoms with Gasteiger partial charge in [0.1, 0.15) is 5.75 Å². The molecule has 0 aromatic heterocycles. The first-order valence-corrected chi connectivity index (χ1v) is 10.6. The van der Waals surface area contributed by atoms with Crippen molar-refractivity contribution in [2.75, 3.05) is 13.2 Å². The summed E-state index contributed by atoms with van der Waals surface area (Å²) in [6.45, 7) is 0.346. The molecule has 29 heavy (non-hydrogen) atoms. The van der Waals surface area contributed by atoms with Crippen LogP contribution in [0.5, 0.6) is 5.75 Å². The first kappa shape index (κ1) is 20.6. The normalized spacial score (nSPS) is 11.1. The van der Waals surface area contributed by atoms with Gasteiger partial charge in [0.2, 0.25) is 10.0 Å². The van der Waals surface area contributed by atoms with E-state index in [1.807, 2.05) is 54.6 Å². The van der Waals surface area contributed by atoms with E-state index in [1.54, 1.807) is 12.1 Å². The van der Waals surface area contributed by atoms with Crippen LogP contribution in [0.3, 0.4) is 0 Å². The highest BCUT2D eigenvalue weighted by atomic mass is 32.2. The van der Waals surface area contributed by atoms with Crippen LogP contribution in [-0.2, 0) is 21.2 Å². The molecular formula is C22H22N2O4S. The SMILES string of the molecule is NS(=O)(=O)c1ccc(CCNC(=O)COc2ccc(-c3ccccc3)cc2)cc1. The molecule has 1 amide bonds. The number of hydrogen-bond acceptors (Lipinski definition) is 4. The number of primary sulfonamides is 1. The second-order valence-corrected chi connectivity index (χ2v) is 8.03. The Hall–Kier alpha value is -3.16. The third kappa shape index (κ3) is 6.17. The van der Waals surface area contributed by atoms with Crippen molar-refractivity contribution in [1.82, 2.24) is 5.32 Å². The number of carbonyl (C=O) groups is 1. The molecule has 7 heteroatoms. The second kappa shape index (κ2) is 9.36. The van der Waals surface area contributed by atoms with Crippen molar-refractivity contribution < 1.29 is 17.9 Å². The summed E-state index contributed by atoms with van der Waals surface area (Å²) in [4.78, 5) is 12.0. The maximum atomic E-state index is 11.9. The average Bonchev–Trinajstić information content (AvgIpc) is 2.73. The summed E-state index contributed by atoms with van der Waals surface area (Å²) in [5.41, 5.74) is 3.10. The highest BCUT2D eigenvalue weighted by molar-refractivity contribution is 7.89. The van der Waals surface area contributed by atoms with Crippen molar-refractivity contribution >= 4 is 15.9 Å². The zero-order valence-corrected chi connectivity index (χ0v) is 16.6. The summed E-state index contributed by atoms with van der Waals surface area (Å²) in [6, 6.07) is 23.8. The van der Waals surface area contributed by atoms with E-state index in [4.69, 9.17) is 9.88 Å². The van der Waals surface area contributed by atoms with Gasteiger partial charge in [0, 0.05) is 6.54 Å². The Balaban J connectivity index is 1.42. The van der Waals surface area contributed by atoms with Crippen LogP contribution in [0.4, 0.5) is 0 Å². The molecule has 0 saturated carbocycles. The molecule has 0 spiro atoms. The molecule has 0 radical (unpaired) electrons. The Kier molecular flexibility index (Phi) is 6.64. The fourth-order valence-corrected chi connectivity index (χ4v) is 3.28. The van der Waals surface area contributed by atoms with Gasteiger partial charge in [-0.15, -0.1) is 0 Å².